The molecule has 1 fully saturated rings. The summed E-state index contributed by atoms with van der Waals surface area (Å²) in [5.41, 5.74) is 2.63. The number of hydrogen-bond acceptors (Lipinski definition) is 5. The Morgan fingerprint density at radius 2 is 1.63 bits per heavy atom. The Morgan fingerprint density at radius 1 is 1.00 bits per heavy atom. The van der Waals surface area contributed by atoms with Crippen LogP contribution in [0.5, 0.6) is 5.75 Å². The molecule has 1 saturated carbocycles. The lowest BCUT2D eigenvalue weighted by molar-refractivity contribution is 0.0215. The third-order valence-electron chi connectivity index (χ3n) is 6.00. The first-order valence-electron chi connectivity index (χ1n) is 8.86. The maximum Gasteiger partial charge on any atom is 0.268 e. The molecule has 1 aromatic heterocycles. The highest BCUT2D eigenvalue weighted by molar-refractivity contribution is 7.90. The zero-order valence-electron chi connectivity index (χ0n) is 14.6. The molecule has 0 amide bonds. The van der Waals surface area contributed by atoms with Crippen LogP contribution in [0.2, 0.25) is 0 Å². The number of aliphatic hydroxyl groups is 2. The maximum absolute atomic E-state index is 13.2. The second-order valence-corrected chi connectivity index (χ2v) is 9.34. The molecular formula is C20H19NO5S. The average molecular weight is 385 g/mol. The number of aliphatic hydroxyl groups excluding tert-OH is 2. The van der Waals surface area contributed by atoms with Gasteiger partial charge in [0.05, 0.1) is 22.6 Å². The monoisotopic (exact) mass is 385 g/mol. The Kier molecular flexibility index (Phi) is 3.32. The molecule has 2 aliphatic carbocycles. The highest BCUT2D eigenvalue weighted by Gasteiger charge is 2.52. The van der Waals surface area contributed by atoms with E-state index in [4.69, 9.17) is 0 Å². The van der Waals surface area contributed by atoms with Gasteiger partial charge in [-0.2, -0.15) is 0 Å². The largest absolute Gasteiger partial charge is 0.508 e. The summed E-state index contributed by atoms with van der Waals surface area (Å²) in [7, 11) is -3.83. The molecule has 0 spiro atoms. The standard InChI is InChI=1S/C20H19NO5S/c1-10-2-4-12(5-3-10)27(25,26)21-7-6-11-8-15(22)16-13-9-14(17(16)18(11)21)20(24)19(13)23/h2-8,13-14,19-20,22-24H,9H2,1H3. The molecule has 4 unspecified atom stereocenters. The molecule has 0 aliphatic heterocycles. The van der Waals surface area contributed by atoms with Gasteiger partial charge in [-0.25, -0.2) is 12.4 Å². The summed E-state index contributed by atoms with van der Waals surface area (Å²) < 4.78 is 27.7. The van der Waals surface area contributed by atoms with Gasteiger partial charge in [0, 0.05) is 29.0 Å². The Labute approximate surface area is 156 Å². The quantitative estimate of drug-likeness (QED) is 0.628. The molecule has 1 heterocycles. The molecule has 2 aliphatic rings. The van der Waals surface area contributed by atoms with Gasteiger partial charge < -0.3 is 15.3 Å². The van der Waals surface area contributed by atoms with Crippen LogP contribution in [0, 0.1) is 6.92 Å². The first-order chi connectivity index (χ1) is 12.8. The zero-order chi connectivity index (χ0) is 19.1. The van der Waals surface area contributed by atoms with Gasteiger partial charge in [0.15, 0.2) is 0 Å². The van der Waals surface area contributed by atoms with E-state index in [0.717, 1.165) is 5.56 Å². The van der Waals surface area contributed by atoms with E-state index in [1.165, 1.54) is 16.2 Å². The minimum absolute atomic E-state index is 0.0430. The molecule has 3 aromatic rings. The maximum atomic E-state index is 13.2. The van der Waals surface area contributed by atoms with Crippen molar-refractivity contribution in [2.75, 3.05) is 0 Å². The average Bonchev–Trinajstić information content (AvgIpc) is 3.29. The van der Waals surface area contributed by atoms with Crippen molar-refractivity contribution in [3.63, 3.8) is 0 Å². The Morgan fingerprint density at radius 3 is 2.30 bits per heavy atom. The molecule has 2 bridgehead atoms. The molecule has 140 valence electrons. The molecule has 4 atom stereocenters. The minimum Gasteiger partial charge on any atom is -0.508 e. The lowest BCUT2D eigenvalue weighted by Gasteiger charge is -2.27. The van der Waals surface area contributed by atoms with E-state index in [0.29, 0.717) is 28.5 Å². The molecule has 7 heteroatoms. The van der Waals surface area contributed by atoms with Gasteiger partial charge in [0.2, 0.25) is 0 Å². The number of nitrogens with zero attached hydrogens (tertiary/aromatic N) is 1. The number of benzene rings is 2. The van der Waals surface area contributed by atoms with Crippen molar-refractivity contribution < 1.29 is 23.7 Å². The highest BCUT2D eigenvalue weighted by Crippen LogP contribution is 2.58. The summed E-state index contributed by atoms with van der Waals surface area (Å²) in [6, 6.07) is 9.82. The van der Waals surface area contributed by atoms with Crippen LogP contribution in [0.15, 0.2) is 47.5 Å². The molecule has 3 N–H and O–H groups in total. The number of aromatic nitrogens is 1. The number of hydrogen-bond donors (Lipinski definition) is 3. The molecule has 2 aromatic carbocycles. The smallest absolute Gasteiger partial charge is 0.268 e. The van der Waals surface area contributed by atoms with Crippen LogP contribution in [-0.4, -0.2) is 39.9 Å². The third-order valence-corrected chi connectivity index (χ3v) is 7.69. The molecule has 27 heavy (non-hydrogen) atoms. The number of phenolic OH excluding ortho intramolecular Hbond substituents is 1. The van der Waals surface area contributed by atoms with E-state index in [1.54, 1.807) is 30.3 Å². The van der Waals surface area contributed by atoms with E-state index in [9.17, 15) is 23.7 Å². The molecule has 5 rings (SSSR count). The van der Waals surface area contributed by atoms with Gasteiger partial charge in [0.25, 0.3) is 10.0 Å². The molecular weight excluding hydrogens is 366 g/mol. The summed E-state index contributed by atoms with van der Waals surface area (Å²) in [5, 5.41) is 31.7. The molecule has 0 saturated heterocycles. The van der Waals surface area contributed by atoms with Crippen LogP contribution >= 0.6 is 0 Å². The van der Waals surface area contributed by atoms with Crippen molar-refractivity contribution in [1.82, 2.24) is 3.97 Å². The summed E-state index contributed by atoms with van der Waals surface area (Å²) in [5.74, 6) is -0.729. The number of phenols is 1. The van der Waals surface area contributed by atoms with Gasteiger partial charge in [-0.1, -0.05) is 17.7 Å². The summed E-state index contributed by atoms with van der Waals surface area (Å²) in [6.07, 6.45) is 0.0787. The van der Waals surface area contributed by atoms with E-state index in [2.05, 4.69) is 0 Å². The van der Waals surface area contributed by atoms with Crippen molar-refractivity contribution in [3.05, 3.63) is 59.3 Å². The number of aromatic hydroxyl groups is 1. The minimum atomic E-state index is -3.83. The number of fused-ring (bicyclic) bond motifs is 7. The van der Waals surface area contributed by atoms with Crippen molar-refractivity contribution in [2.45, 2.75) is 42.3 Å². The van der Waals surface area contributed by atoms with Crippen molar-refractivity contribution in [1.29, 1.82) is 0 Å². The van der Waals surface area contributed by atoms with Crippen LogP contribution in [0.25, 0.3) is 10.9 Å². The SMILES string of the molecule is Cc1ccc(S(=O)(=O)n2ccc3cc(O)c4c(c32)C2CC4C(O)C2O)cc1. The van der Waals surface area contributed by atoms with E-state index >= 15 is 0 Å². The van der Waals surface area contributed by atoms with Crippen LogP contribution in [0.4, 0.5) is 0 Å². The van der Waals surface area contributed by atoms with E-state index in [1.807, 2.05) is 6.92 Å². The van der Waals surface area contributed by atoms with Gasteiger partial charge in [-0.05, 0) is 43.2 Å². The predicted octanol–water partition coefficient (Wildman–Crippen LogP) is 2.20. The molecule has 0 radical (unpaired) electrons. The first kappa shape index (κ1) is 16.8. The Balaban J connectivity index is 1.80. The highest BCUT2D eigenvalue weighted by atomic mass is 32.2. The van der Waals surface area contributed by atoms with Crippen molar-refractivity contribution >= 4 is 20.9 Å². The Bertz CT molecular complexity index is 1180. The van der Waals surface area contributed by atoms with Crippen molar-refractivity contribution in [3.8, 4) is 5.75 Å². The fraction of sp³-hybridized carbons (Fsp3) is 0.300. The zero-order valence-corrected chi connectivity index (χ0v) is 15.4. The van der Waals surface area contributed by atoms with Gasteiger partial charge in [0.1, 0.15) is 5.75 Å². The fourth-order valence-corrected chi connectivity index (χ4v) is 6.08. The lowest BCUT2D eigenvalue weighted by atomic mass is 9.86. The van der Waals surface area contributed by atoms with Gasteiger partial charge in [-0.15, -0.1) is 0 Å². The predicted molar refractivity (Wildman–Crippen MR) is 99.5 cm³/mol. The summed E-state index contributed by atoms with van der Waals surface area (Å²) >= 11 is 0. The van der Waals surface area contributed by atoms with Crippen molar-refractivity contribution in [2.24, 2.45) is 0 Å². The normalized spacial score (nSPS) is 26.6. The fourth-order valence-electron chi connectivity index (χ4n) is 4.70. The van der Waals surface area contributed by atoms with Crippen LogP contribution < -0.4 is 0 Å². The summed E-state index contributed by atoms with van der Waals surface area (Å²) in [4.78, 5) is 0.177. The third kappa shape index (κ3) is 2.10. The van der Waals surface area contributed by atoms with Gasteiger partial charge >= 0.3 is 0 Å². The van der Waals surface area contributed by atoms with Crippen LogP contribution in [0.3, 0.4) is 0 Å². The van der Waals surface area contributed by atoms with E-state index in [-0.39, 0.29) is 16.6 Å². The second-order valence-electron chi connectivity index (χ2n) is 7.52. The first-order valence-corrected chi connectivity index (χ1v) is 10.3. The second kappa shape index (κ2) is 5.34. The number of aryl methyl sites for hydroxylation is 1. The lowest BCUT2D eigenvalue weighted by Crippen LogP contribution is -2.31. The van der Waals surface area contributed by atoms with Crippen LogP contribution in [-0.2, 0) is 10.0 Å². The van der Waals surface area contributed by atoms with Crippen LogP contribution in [0.1, 0.15) is 34.9 Å². The van der Waals surface area contributed by atoms with Gasteiger partial charge in [-0.3, -0.25) is 0 Å². The topological polar surface area (TPSA) is 99.8 Å². The number of rotatable bonds is 2. The summed E-state index contributed by atoms with van der Waals surface area (Å²) in [6.45, 7) is 1.89. The Hall–Kier alpha value is -2.35. The molecule has 6 nitrogen and oxygen atoms in total. The van der Waals surface area contributed by atoms with E-state index < -0.39 is 28.1 Å².